The van der Waals surface area contributed by atoms with Crippen molar-refractivity contribution >= 4 is 21.9 Å². The first-order chi connectivity index (χ1) is 11.2. The molecule has 0 aliphatic carbocycles. The Balaban J connectivity index is 1.69. The highest BCUT2D eigenvalue weighted by molar-refractivity contribution is 9.10. The van der Waals surface area contributed by atoms with Crippen LogP contribution in [0.4, 0.5) is 0 Å². The first-order valence-electron chi connectivity index (χ1n) is 7.69. The molecule has 0 radical (unpaired) electrons. The summed E-state index contributed by atoms with van der Waals surface area (Å²) in [6.45, 7) is 0.506. The number of carbonyl (C=O) groups is 1. The van der Waals surface area contributed by atoms with E-state index in [1.165, 1.54) is 5.56 Å². The lowest BCUT2D eigenvalue weighted by atomic mass is 9.85. The highest BCUT2D eigenvalue weighted by atomic mass is 79.9. The van der Waals surface area contributed by atoms with Crippen molar-refractivity contribution in [2.75, 3.05) is 13.7 Å². The van der Waals surface area contributed by atoms with Crippen molar-refractivity contribution in [2.45, 2.75) is 12.8 Å². The number of methoxy groups -OCH3 is 1. The van der Waals surface area contributed by atoms with Crippen LogP contribution in [0.1, 0.15) is 11.1 Å². The minimum atomic E-state index is -0.0774. The Hall–Kier alpha value is -1.81. The lowest BCUT2D eigenvalue weighted by Gasteiger charge is -2.15. The van der Waals surface area contributed by atoms with Gasteiger partial charge in [0, 0.05) is 10.4 Å². The number of cyclic esters (lactones) is 1. The van der Waals surface area contributed by atoms with Gasteiger partial charge >= 0.3 is 5.97 Å². The number of carbonyl (C=O) groups excluding carboxylic acids is 1. The van der Waals surface area contributed by atoms with Crippen LogP contribution in [0, 0.1) is 11.8 Å². The maximum absolute atomic E-state index is 12.1. The molecule has 23 heavy (non-hydrogen) atoms. The van der Waals surface area contributed by atoms with E-state index in [9.17, 15) is 4.79 Å². The van der Waals surface area contributed by atoms with Crippen LogP contribution in [0.15, 0.2) is 53.0 Å². The van der Waals surface area contributed by atoms with E-state index in [0.717, 1.165) is 28.6 Å². The van der Waals surface area contributed by atoms with Crippen molar-refractivity contribution in [2.24, 2.45) is 11.8 Å². The van der Waals surface area contributed by atoms with E-state index in [0.29, 0.717) is 6.61 Å². The normalized spacial score (nSPS) is 20.3. The lowest BCUT2D eigenvalue weighted by Crippen LogP contribution is -2.20. The Morgan fingerprint density at radius 2 is 1.65 bits per heavy atom. The Morgan fingerprint density at radius 1 is 1.04 bits per heavy atom. The van der Waals surface area contributed by atoms with Crippen molar-refractivity contribution in [3.05, 3.63) is 64.1 Å². The minimum Gasteiger partial charge on any atom is -0.497 e. The monoisotopic (exact) mass is 374 g/mol. The van der Waals surface area contributed by atoms with E-state index >= 15 is 0 Å². The van der Waals surface area contributed by atoms with Gasteiger partial charge in [0.15, 0.2) is 0 Å². The molecule has 0 spiro atoms. The zero-order chi connectivity index (χ0) is 16.2. The highest BCUT2D eigenvalue weighted by Gasteiger charge is 2.36. The highest BCUT2D eigenvalue weighted by Crippen LogP contribution is 2.30. The average Bonchev–Trinajstić information content (AvgIpc) is 2.91. The number of rotatable bonds is 5. The van der Waals surface area contributed by atoms with Crippen LogP contribution in [0.25, 0.3) is 0 Å². The largest absolute Gasteiger partial charge is 0.497 e. The molecule has 2 atom stereocenters. The Morgan fingerprint density at radius 3 is 2.30 bits per heavy atom. The molecule has 1 aliphatic rings. The second-order valence-electron chi connectivity index (χ2n) is 5.88. The summed E-state index contributed by atoms with van der Waals surface area (Å²) in [5, 5.41) is 0. The third-order valence-electron chi connectivity index (χ3n) is 4.34. The third kappa shape index (κ3) is 3.94. The smallest absolute Gasteiger partial charge is 0.309 e. The molecule has 1 heterocycles. The molecule has 120 valence electrons. The maximum Gasteiger partial charge on any atom is 0.309 e. The second kappa shape index (κ2) is 7.18. The number of ether oxygens (including phenoxy) is 2. The first kappa shape index (κ1) is 16.1. The molecular formula is C19H19BrO3. The SMILES string of the molecule is COc1ccc(CC2COC(=O)C2Cc2ccc(Br)cc2)cc1. The van der Waals surface area contributed by atoms with E-state index in [1.54, 1.807) is 7.11 Å². The Labute approximate surface area is 144 Å². The molecule has 4 heteroatoms. The lowest BCUT2D eigenvalue weighted by molar-refractivity contribution is -0.141. The van der Waals surface area contributed by atoms with Crippen LogP contribution in [0.3, 0.4) is 0 Å². The van der Waals surface area contributed by atoms with Gasteiger partial charge in [-0.1, -0.05) is 40.2 Å². The van der Waals surface area contributed by atoms with Gasteiger partial charge in [0.05, 0.1) is 19.6 Å². The standard InChI is InChI=1S/C19H19BrO3/c1-22-17-8-4-13(5-9-17)10-15-12-23-19(21)18(15)11-14-2-6-16(20)7-3-14/h2-9,15,18H,10-12H2,1H3. The minimum absolute atomic E-state index is 0.0710. The molecule has 0 N–H and O–H groups in total. The van der Waals surface area contributed by atoms with Crippen LogP contribution in [-0.2, 0) is 22.4 Å². The van der Waals surface area contributed by atoms with Crippen LogP contribution >= 0.6 is 15.9 Å². The second-order valence-corrected chi connectivity index (χ2v) is 6.80. The quantitative estimate of drug-likeness (QED) is 0.741. The molecule has 3 rings (SSSR count). The van der Waals surface area contributed by atoms with Crippen molar-refractivity contribution in [3.8, 4) is 5.75 Å². The van der Waals surface area contributed by atoms with E-state index in [4.69, 9.17) is 9.47 Å². The van der Waals surface area contributed by atoms with Crippen molar-refractivity contribution in [1.82, 2.24) is 0 Å². The van der Waals surface area contributed by atoms with Crippen molar-refractivity contribution < 1.29 is 14.3 Å². The average molecular weight is 375 g/mol. The van der Waals surface area contributed by atoms with Crippen LogP contribution in [0.5, 0.6) is 5.75 Å². The van der Waals surface area contributed by atoms with E-state index in [-0.39, 0.29) is 17.8 Å². The van der Waals surface area contributed by atoms with Crippen LogP contribution < -0.4 is 4.74 Å². The van der Waals surface area contributed by atoms with Gasteiger partial charge < -0.3 is 9.47 Å². The van der Waals surface area contributed by atoms with Crippen molar-refractivity contribution in [3.63, 3.8) is 0 Å². The number of esters is 1. The molecule has 3 nitrogen and oxygen atoms in total. The molecule has 0 amide bonds. The number of hydrogen-bond acceptors (Lipinski definition) is 3. The molecule has 2 aromatic rings. The van der Waals surface area contributed by atoms with Crippen molar-refractivity contribution in [1.29, 1.82) is 0 Å². The van der Waals surface area contributed by atoms with Gasteiger partial charge in [0.2, 0.25) is 0 Å². The molecule has 1 saturated heterocycles. The summed E-state index contributed by atoms with van der Waals surface area (Å²) in [5.74, 6) is 0.920. The summed E-state index contributed by atoms with van der Waals surface area (Å²) < 4.78 is 11.5. The summed E-state index contributed by atoms with van der Waals surface area (Å²) in [5.41, 5.74) is 2.37. The summed E-state index contributed by atoms with van der Waals surface area (Å²) in [6.07, 6.45) is 1.57. The number of benzene rings is 2. The molecular weight excluding hydrogens is 356 g/mol. The molecule has 0 saturated carbocycles. The predicted octanol–water partition coefficient (Wildman–Crippen LogP) is 4.03. The van der Waals surface area contributed by atoms with Gasteiger partial charge in [-0.25, -0.2) is 0 Å². The summed E-state index contributed by atoms with van der Waals surface area (Å²) in [4.78, 5) is 12.1. The Kier molecular flexibility index (Phi) is 5.01. The molecule has 0 aromatic heterocycles. The van der Waals surface area contributed by atoms with Crippen LogP contribution in [0.2, 0.25) is 0 Å². The van der Waals surface area contributed by atoms with Gasteiger partial charge in [0.25, 0.3) is 0 Å². The molecule has 1 fully saturated rings. The summed E-state index contributed by atoms with van der Waals surface area (Å²) in [7, 11) is 1.66. The molecule has 2 unspecified atom stereocenters. The fourth-order valence-electron chi connectivity index (χ4n) is 2.99. The topological polar surface area (TPSA) is 35.5 Å². The summed E-state index contributed by atoms with van der Waals surface area (Å²) in [6, 6.07) is 16.1. The maximum atomic E-state index is 12.1. The van der Waals surface area contributed by atoms with Crippen LogP contribution in [-0.4, -0.2) is 19.7 Å². The zero-order valence-electron chi connectivity index (χ0n) is 13.0. The molecule has 1 aliphatic heterocycles. The predicted molar refractivity (Wildman–Crippen MR) is 92.5 cm³/mol. The fourth-order valence-corrected chi connectivity index (χ4v) is 3.26. The van der Waals surface area contributed by atoms with Gasteiger partial charge in [-0.05, 0) is 48.2 Å². The fraction of sp³-hybridized carbons (Fsp3) is 0.316. The van der Waals surface area contributed by atoms with E-state index < -0.39 is 0 Å². The zero-order valence-corrected chi connectivity index (χ0v) is 14.6. The number of hydrogen-bond donors (Lipinski definition) is 0. The van der Waals surface area contributed by atoms with Gasteiger partial charge in [-0.3, -0.25) is 4.79 Å². The molecule has 0 bridgehead atoms. The summed E-state index contributed by atoms with van der Waals surface area (Å²) >= 11 is 3.44. The third-order valence-corrected chi connectivity index (χ3v) is 4.87. The van der Waals surface area contributed by atoms with Gasteiger partial charge in [-0.15, -0.1) is 0 Å². The van der Waals surface area contributed by atoms with E-state index in [1.807, 2.05) is 24.3 Å². The van der Waals surface area contributed by atoms with E-state index in [2.05, 4.69) is 40.2 Å². The Bertz CT molecular complexity index is 664. The number of halogens is 1. The van der Waals surface area contributed by atoms with Gasteiger partial charge in [0.1, 0.15) is 5.75 Å². The van der Waals surface area contributed by atoms with Gasteiger partial charge in [-0.2, -0.15) is 0 Å². The first-order valence-corrected chi connectivity index (χ1v) is 8.49. The molecule has 2 aromatic carbocycles.